The van der Waals surface area contributed by atoms with E-state index in [0.29, 0.717) is 25.7 Å². The summed E-state index contributed by atoms with van der Waals surface area (Å²) in [7, 11) is 0. The number of carboxylic acid groups (broad SMARTS) is 3. The van der Waals surface area contributed by atoms with Crippen molar-refractivity contribution in [3.8, 4) is 0 Å². The van der Waals surface area contributed by atoms with E-state index in [1.165, 1.54) is 11.8 Å². The van der Waals surface area contributed by atoms with E-state index >= 15 is 0 Å². The Morgan fingerprint density at radius 3 is 1.12 bits per heavy atom. The molecule has 0 unspecified atom stereocenters. The van der Waals surface area contributed by atoms with Gasteiger partial charge in [-0.1, -0.05) is 34.1 Å². The van der Waals surface area contributed by atoms with Crippen LogP contribution in [-0.2, 0) is 95.9 Å². The number of rotatable bonds is 74. The molecule has 0 aromatic rings. The molecule has 54 heteroatoms. The van der Waals surface area contributed by atoms with Crippen LogP contribution in [0.5, 0.6) is 0 Å². The van der Waals surface area contributed by atoms with Crippen LogP contribution >= 0.6 is 11.8 Å². The van der Waals surface area contributed by atoms with E-state index in [0.717, 1.165) is 11.8 Å². The van der Waals surface area contributed by atoms with Gasteiger partial charge in [0.2, 0.25) is 100 Å². The van der Waals surface area contributed by atoms with Gasteiger partial charge in [-0.25, -0.2) is 4.79 Å². The van der Waals surface area contributed by atoms with Gasteiger partial charge in [0.25, 0.3) is 0 Å². The Morgan fingerprint density at radius 1 is 0.391 bits per heavy atom. The highest BCUT2D eigenvalue weighted by Gasteiger charge is 2.43. The molecule has 53 nitrogen and oxygen atoms in total. The van der Waals surface area contributed by atoms with Crippen molar-refractivity contribution in [2.45, 2.75) is 317 Å². The van der Waals surface area contributed by atoms with E-state index < -0.39 is 284 Å². The molecule has 0 spiro atoms. The Labute approximate surface area is 805 Å². The fraction of sp³-hybridized carbons (Fsp3) is 0.738. The minimum atomic E-state index is -2.03. The van der Waals surface area contributed by atoms with Gasteiger partial charge in [-0.15, -0.1) is 0 Å². The molecule has 1 fully saturated rings. The molecule has 0 saturated carbocycles. The number of carbonyl (C=O) groups is 20. The maximum absolute atomic E-state index is 14.8. The maximum Gasteiger partial charge on any atom is 0.326 e. The molecule has 0 aromatic carbocycles. The van der Waals surface area contributed by atoms with Crippen molar-refractivity contribution in [1.82, 2.24) is 79.3 Å². The summed E-state index contributed by atoms with van der Waals surface area (Å²) >= 11 is 1.22. The van der Waals surface area contributed by atoms with Gasteiger partial charge in [0, 0.05) is 38.9 Å². The first kappa shape index (κ1) is 124. The van der Waals surface area contributed by atoms with Crippen molar-refractivity contribution in [2.24, 2.45) is 84.9 Å². The highest BCUT2D eigenvalue weighted by Crippen LogP contribution is 2.22. The van der Waals surface area contributed by atoms with Gasteiger partial charge in [-0.3, -0.25) is 101 Å². The number of nitrogens with zero attached hydrogens (tertiary/aromatic N) is 3. The van der Waals surface area contributed by atoms with Crippen molar-refractivity contribution in [3.63, 3.8) is 0 Å². The maximum atomic E-state index is 14.8. The zero-order valence-electron chi connectivity index (χ0n) is 79.6. The lowest BCUT2D eigenvalue weighted by Crippen LogP contribution is -2.62. The standard InChI is InChI=1S/C84H152N28O25S/c1-7-45(4)65(79(133)106-56(82(136)137)23-11-15-36-88)110-75(129)54(28-31-63(117)118)104-78(132)60-25-18-39-112(60)81(135)59(43-113)109-76(130)57(41-44(2)3)108-72(126)53(27-30-62(91)116)105-80(134)66(46(5)114)111-74(128)50(22-10-14-35-87)99-71(125)52(26-29-61(90)115)102-73(127)55(32-40-138-6)103-70(124)51(24-17-38-97-84(94)95)100-68(122)48(20-8-12-33-85)98-69(123)49(21-9-13-34-86)101-77(131)58(42-64(119)120)107-67(121)47(89)19-16-37-96-83(92)93/h44-60,65-66,113-114H,7-43,85-89H2,1-6H3,(H2,90,115)(H2,91,116)(H,98,123)(H,99,125)(H,100,122)(H,101,131)(H,102,127)(H,103,124)(H,104,132)(H,105,134)(H,106,133)(H,107,121)(H,108,126)(H,109,130)(H,110,129)(H,111,128)(H,117,118)(H,119,120)(H,136,137)(H4,92,93,96)(H4,94,95,97)/t45-,46+,47-,48-,49-,50-,51-,52-,53-,54-,55-,56-,57-,58-,59-,60-,65-,66-/m0/s1. The minimum absolute atomic E-state index is 0.00988. The molecular formula is C84H152N28O25S. The Bertz CT molecular complexity index is 4030. The Hall–Kier alpha value is -12.0. The van der Waals surface area contributed by atoms with Crippen molar-refractivity contribution >= 4 is 142 Å². The van der Waals surface area contributed by atoms with Crippen LogP contribution < -0.4 is 138 Å². The fourth-order valence-electron chi connectivity index (χ4n) is 14.2. The molecule has 1 aliphatic heterocycles. The van der Waals surface area contributed by atoms with Gasteiger partial charge in [0.1, 0.15) is 90.6 Å². The van der Waals surface area contributed by atoms with E-state index in [-0.39, 0.29) is 173 Å². The number of carboxylic acids is 3. The average molecular weight is 1990 g/mol. The van der Waals surface area contributed by atoms with Crippen LogP contribution in [0.4, 0.5) is 0 Å². The minimum Gasteiger partial charge on any atom is -0.481 e. The van der Waals surface area contributed by atoms with Crippen LogP contribution in [0.1, 0.15) is 214 Å². The van der Waals surface area contributed by atoms with Crippen molar-refractivity contribution in [1.29, 1.82) is 0 Å². The molecule has 0 radical (unpaired) electrons. The zero-order chi connectivity index (χ0) is 104. The summed E-state index contributed by atoms with van der Waals surface area (Å²) < 4.78 is 0. The van der Waals surface area contributed by atoms with Gasteiger partial charge >= 0.3 is 17.9 Å². The smallest absolute Gasteiger partial charge is 0.326 e. The molecule has 1 heterocycles. The highest BCUT2D eigenvalue weighted by molar-refractivity contribution is 7.98. The largest absolute Gasteiger partial charge is 0.481 e. The summed E-state index contributed by atoms with van der Waals surface area (Å²) in [6, 6.07) is -25.8. The van der Waals surface area contributed by atoms with Crippen molar-refractivity contribution in [3.05, 3.63) is 0 Å². The van der Waals surface area contributed by atoms with Gasteiger partial charge in [-0.05, 0) is 205 Å². The lowest BCUT2D eigenvalue weighted by molar-refractivity contribution is -0.144. The number of aliphatic carboxylic acids is 3. The van der Waals surface area contributed by atoms with E-state index in [2.05, 4.69) is 84.4 Å². The topological polar surface area (TPSA) is 925 Å². The molecule has 1 rings (SSSR count). The molecule has 18 atom stereocenters. The van der Waals surface area contributed by atoms with Crippen LogP contribution in [0.2, 0.25) is 0 Å². The molecule has 0 bridgehead atoms. The van der Waals surface area contributed by atoms with E-state index in [1.807, 2.05) is 0 Å². The van der Waals surface area contributed by atoms with Gasteiger partial charge < -0.3 is 168 Å². The summed E-state index contributed by atoms with van der Waals surface area (Å²) in [4.78, 5) is 285. The third-order valence-electron chi connectivity index (χ3n) is 22.2. The molecule has 0 aromatic heterocycles. The number of carbonyl (C=O) groups excluding carboxylic acids is 17. The van der Waals surface area contributed by atoms with Crippen LogP contribution in [0.3, 0.4) is 0 Å². The van der Waals surface area contributed by atoms with Crippen molar-refractivity contribution in [2.75, 3.05) is 64.4 Å². The fourth-order valence-corrected chi connectivity index (χ4v) is 14.7. The number of primary amides is 2. The summed E-state index contributed by atoms with van der Waals surface area (Å²) in [5, 5.41) is 85.9. The number of guanidine groups is 2. The second-order valence-corrected chi connectivity index (χ2v) is 35.1. The molecule has 784 valence electrons. The molecule has 17 amide bonds. The SMILES string of the molecule is CC[C@H](C)[C@H](NC(=O)[C@H](CCC(=O)O)NC(=O)[C@@H]1CCCN1C(=O)[C@H](CO)NC(=O)[C@H](CC(C)C)NC(=O)[C@H](CCC(N)=O)NC(=O)[C@@H](NC(=O)[C@H](CCCCN)NC(=O)[C@H](CCC(N)=O)NC(=O)[C@H](CCSC)NC(=O)[C@H](CCCN=C(N)N)NC(=O)[C@H](CCCCN)NC(=O)[C@H](CCCCN)NC(=O)[C@H](CC(=O)O)NC(=O)[C@@H](N)CCCN=C(N)N)[C@@H](C)O)C(=O)N[C@@H](CCCCN)C(=O)O. The van der Waals surface area contributed by atoms with Crippen LogP contribution in [0, 0.1) is 11.8 Å². The van der Waals surface area contributed by atoms with Crippen LogP contribution in [0.25, 0.3) is 0 Å². The monoisotopic (exact) mass is 1990 g/mol. The van der Waals surface area contributed by atoms with E-state index in [9.17, 15) is 121 Å². The first-order valence-electron chi connectivity index (χ1n) is 46.4. The normalized spacial score (nSPS) is 16.0. The number of aliphatic hydroxyl groups excluding tert-OH is 2. The number of hydrogen-bond donors (Lipinski definition) is 30. The van der Waals surface area contributed by atoms with E-state index in [4.69, 9.17) is 63.1 Å². The molecule has 138 heavy (non-hydrogen) atoms. The number of aliphatic imine (C=N–C) groups is 2. The Balaban J connectivity index is 3.79. The molecule has 0 aliphatic carbocycles. The third-order valence-corrected chi connectivity index (χ3v) is 22.8. The number of aliphatic hydroxyl groups is 2. The molecule has 1 saturated heterocycles. The lowest BCUT2D eigenvalue weighted by atomic mass is 9.96. The van der Waals surface area contributed by atoms with Gasteiger partial charge in [0.15, 0.2) is 11.9 Å². The number of nitrogens with one attached hydrogen (secondary N) is 14. The first-order valence-corrected chi connectivity index (χ1v) is 47.8. The zero-order valence-corrected chi connectivity index (χ0v) is 80.5. The van der Waals surface area contributed by atoms with Crippen molar-refractivity contribution < 1.29 is 121 Å². The number of hydrogen-bond acceptors (Lipinski definition) is 30. The number of unbranched alkanes of at least 4 members (excludes halogenated alkanes) is 4. The highest BCUT2D eigenvalue weighted by atomic mass is 32.2. The second kappa shape index (κ2) is 68.1. The quantitative estimate of drug-likeness (QED) is 0.0153. The molecule has 1 aliphatic rings. The number of likely N-dealkylation sites (tertiary alicyclic amines) is 1. The third kappa shape index (κ3) is 49.3. The summed E-state index contributed by atoms with van der Waals surface area (Å²) in [6.45, 7) is 6.94. The van der Waals surface area contributed by atoms with E-state index in [1.54, 1.807) is 34.0 Å². The number of nitrogens with two attached hydrogens (primary N) is 11. The number of thioether (sulfide) groups is 1. The van der Waals surface area contributed by atoms with Gasteiger partial charge in [0.05, 0.1) is 25.2 Å². The first-order chi connectivity index (χ1) is 65.1. The van der Waals surface area contributed by atoms with Crippen LogP contribution in [0.15, 0.2) is 9.98 Å². The van der Waals surface area contributed by atoms with Crippen LogP contribution in [-0.4, -0.2) is 328 Å². The lowest BCUT2D eigenvalue weighted by Gasteiger charge is -2.31. The summed E-state index contributed by atoms with van der Waals surface area (Å²) in [5.74, 6) is -23.5. The predicted octanol–water partition coefficient (Wildman–Crippen LogP) is -10.1. The van der Waals surface area contributed by atoms with Gasteiger partial charge in [-0.2, -0.15) is 11.8 Å². The predicted molar refractivity (Wildman–Crippen MR) is 505 cm³/mol. The number of amides is 17. The molecular weight excluding hydrogens is 1830 g/mol. The summed E-state index contributed by atoms with van der Waals surface area (Å²) in [5.41, 5.74) is 62.0. The molecule has 41 N–H and O–H groups in total. The Morgan fingerprint density at radius 2 is 0.732 bits per heavy atom. The average Bonchev–Trinajstić information content (AvgIpc) is 1.60. The summed E-state index contributed by atoms with van der Waals surface area (Å²) in [6.07, 6.45) is -3.05. The Kier molecular flexibility index (Phi) is 61.2. The second-order valence-electron chi connectivity index (χ2n) is 34.1.